The number of amides is 1. The van der Waals surface area contributed by atoms with Gasteiger partial charge in [0.1, 0.15) is 12.4 Å². The Morgan fingerprint density at radius 1 is 1.00 bits per heavy atom. The fourth-order valence-electron chi connectivity index (χ4n) is 4.93. The van der Waals surface area contributed by atoms with Gasteiger partial charge in [0.15, 0.2) is 0 Å². The number of nitrogens with two attached hydrogens (primary N) is 1. The molecular weight excluding hydrogens is 427 g/mol. The van der Waals surface area contributed by atoms with Gasteiger partial charge in [-0.05, 0) is 60.6 Å². The van der Waals surface area contributed by atoms with Gasteiger partial charge in [-0.25, -0.2) is 0 Å². The van der Waals surface area contributed by atoms with E-state index in [1.807, 2.05) is 36.4 Å². The van der Waals surface area contributed by atoms with E-state index in [1.165, 1.54) is 5.56 Å². The molecular formula is C26H23N2NaO4. The van der Waals surface area contributed by atoms with Gasteiger partial charge in [-0.2, -0.15) is 0 Å². The SMILES string of the molecule is NC(=O)c1cccc2c1c1c(OCC(=O)[O-])cc3c(c1n2Cc1ccccc1)CCCC3.[Na+]. The quantitative estimate of drug-likeness (QED) is 0.417. The van der Waals surface area contributed by atoms with Gasteiger partial charge >= 0.3 is 29.6 Å². The minimum atomic E-state index is -1.29. The van der Waals surface area contributed by atoms with Gasteiger partial charge in [0.2, 0.25) is 5.91 Å². The number of aromatic nitrogens is 1. The van der Waals surface area contributed by atoms with Crippen LogP contribution in [0.3, 0.4) is 0 Å². The van der Waals surface area contributed by atoms with Gasteiger partial charge in [-0.3, -0.25) is 4.79 Å². The van der Waals surface area contributed by atoms with Crippen LogP contribution in [0, 0.1) is 0 Å². The Labute approximate surface area is 213 Å². The molecule has 0 atom stereocenters. The summed E-state index contributed by atoms with van der Waals surface area (Å²) in [5.41, 5.74) is 11.5. The molecule has 7 heteroatoms. The first-order valence-corrected chi connectivity index (χ1v) is 10.8. The van der Waals surface area contributed by atoms with E-state index in [1.54, 1.807) is 6.07 Å². The number of aliphatic carboxylic acids is 1. The largest absolute Gasteiger partial charge is 1.00 e. The number of benzene rings is 3. The van der Waals surface area contributed by atoms with Crippen LogP contribution in [0.15, 0.2) is 54.6 Å². The van der Waals surface area contributed by atoms with Crippen LogP contribution in [0.2, 0.25) is 0 Å². The average molecular weight is 450 g/mol. The summed E-state index contributed by atoms with van der Waals surface area (Å²) in [6, 6.07) is 17.6. The molecule has 0 fully saturated rings. The second-order valence-electron chi connectivity index (χ2n) is 8.24. The number of carboxylic acid groups (broad SMARTS) is 1. The standard InChI is InChI=1S/C26H24N2O4.Na/c27-26(31)19-11-6-12-20-23(19)24-21(32-15-22(29)30)13-17-9-4-5-10-18(17)25(24)28(20)14-16-7-2-1-3-8-16;/h1-3,6-8,11-13H,4-5,9-10,14-15H2,(H2,27,31)(H,29,30);/q;+1/p-1. The van der Waals surface area contributed by atoms with E-state index in [2.05, 4.69) is 16.7 Å². The third-order valence-electron chi connectivity index (χ3n) is 6.23. The summed E-state index contributed by atoms with van der Waals surface area (Å²) in [4.78, 5) is 23.5. The molecule has 3 aromatic carbocycles. The number of carbonyl (C=O) groups excluding carboxylic acids is 2. The zero-order valence-corrected chi connectivity index (χ0v) is 20.6. The van der Waals surface area contributed by atoms with Gasteiger partial charge in [-0.15, -0.1) is 0 Å². The summed E-state index contributed by atoms with van der Waals surface area (Å²) in [6.45, 7) is 0.0530. The average Bonchev–Trinajstić information content (AvgIpc) is 3.13. The van der Waals surface area contributed by atoms with Crippen LogP contribution in [-0.2, 0) is 24.2 Å². The third-order valence-corrected chi connectivity index (χ3v) is 6.23. The number of carbonyl (C=O) groups is 2. The van der Waals surface area contributed by atoms with Crippen LogP contribution in [0.5, 0.6) is 5.75 Å². The van der Waals surface area contributed by atoms with Gasteiger partial charge in [0.05, 0.1) is 22.4 Å². The molecule has 0 radical (unpaired) electrons. The molecule has 0 aliphatic heterocycles. The summed E-state index contributed by atoms with van der Waals surface area (Å²) < 4.78 is 7.94. The van der Waals surface area contributed by atoms with E-state index >= 15 is 0 Å². The van der Waals surface area contributed by atoms with E-state index < -0.39 is 18.5 Å². The number of aryl methyl sites for hydroxylation is 2. The molecule has 0 spiro atoms. The molecule has 0 bridgehead atoms. The predicted molar refractivity (Wildman–Crippen MR) is 121 cm³/mol. The van der Waals surface area contributed by atoms with Crippen molar-refractivity contribution in [1.82, 2.24) is 4.57 Å². The van der Waals surface area contributed by atoms with Crippen LogP contribution in [-0.4, -0.2) is 23.1 Å². The number of hydrogen-bond acceptors (Lipinski definition) is 4. The Kier molecular flexibility index (Phi) is 6.79. The molecule has 1 aliphatic carbocycles. The maximum absolute atomic E-state index is 12.4. The van der Waals surface area contributed by atoms with Crippen LogP contribution in [0.25, 0.3) is 21.8 Å². The van der Waals surface area contributed by atoms with Crippen molar-refractivity contribution in [2.24, 2.45) is 5.73 Å². The van der Waals surface area contributed by atoms with E-state index in [-0.39, 0.29) is 29.6 Å². The molecule has 1 aliphatic rings. The Bertz CT molecular complexity index is 1360. The maximum atomic E-state index is 12.4. The molecule has 0 saturated heterocycles. The fraction of sp³-hybridized carbons (Fsp3) is 0.231. The molecule has 5 rings (SSSR count). The summed E-state index contributed by atoms with van der Waals surface area (Å²) in [7, 11) is 0. The Hall–Kier alpha value is -2.80. The summed E-state index contributed by atoms with van der Waals surface area (Å²) in [5.74, 6) is -1.37. The predicted octanol–water partition coefficient (Wildman–Crippen LogP) is -0.0468. The monoisotopic (exact) mass is 450 g/mol. The summed E-state index contributed by atoms with van der Waals surface area (Å²) in [6.07, 6.45) is 3.98. The molecule has 0 unspecified atom stereocenters. The van der Waals surface area contributed by atoms with Crippen molar-refractivity contribution in [2.45, 2.75) is 32.2 Å². The minimum absolute atomic E-state index is 0. The molecule has 1 heterocycles. The van der Waals surface area contributed by atoms with Crippen molar-refractivity contribution in [1.29, 1.82) is 0 Å². The molecule has 6 nitrogen and oxygen atoms in total. The number of ether oxygens (including phenoxy) is 1. The zero-order chi connectivity index (χ0) is 22.2. The number of carboxylic acids is 1. The topological polar surface area (TPSA) is 97.4 Å². The first-order valence-electron chi connectivity index (χ1n) is 10.8. The third kappa shape index (κ3) is 4.26. The molecule has 1 aromatic heterocycles. The number of hydrogen-bond donors (Lipinski definition) is 1. The van der Waals surface area contributed by atoms with Gasteiger partial charge in [0, 0.05) is 17.5 Å². The first kappa shape index (κ1) is 23.4. The Morgan fingerprint density at radius 3 is 2.48 bits per heavy atom. The minimum Gasteiger partial charge on any atom is -0.546 e. The molecule has 162 valence electrons. The number of fused-ring (bicyclic) bond motifs is 5. The summed E-state index contributed by atoms with van der Waals surface area (Å²) >= 11 is 0. The molecule has 0 saturated carbocycles. The van der Waals surface area contributed by atoms with Crippen molar-refractivity contribution in [3.05, 3.63) is 76.9 Å². The van der Waals surface area contributed by atoms with Crippen molar-refractivity contribution in [2.75, 3.05) is 6.61 Å². The summed E-state index contributed by atoms with van der Waals surface area (Å²) in [5, 5.41) is 12.6. The van der Waals surface area contributed by atoms with E-state index in [0.29, 0.717) is 23.2 Å². The molecule has 1 amide bonds. The van der Waals surface area contributed by atoms with Crippen molar-refractivity contribution in [3.8, 4) is 5.75 Å². The van der Waals surface area contributed by atoms with Gasteiger partial charge < -0.3 is 24.9 Å². The Morgan fingerprint density at radius 2 is 1.76 bits per heavy atom. The van der Waals surface area contributed by atoms with Crippen LogP contribution >= 0.6 is 0 Å². The zero-order valence-electron chi connectivity index (χ0n) is 18.6. The van der Waals surface area contributed by atoms with Gasteiger partial charge in [0.25, 0.3) is 0 Å². The maximum Gasteiger partial charge on any atom is 1.00 e. The Balaban J connectivity index is 0.00000259. The van der Waals surface area contributed by atoms with Crippen LogP contribution < -0.4 is 45.1 Å². The smallest absolute Gasteiger partial charge is 0.546 e. The van der Waals surface area contributed by atoms with Crippen molar-refractivity contribution >= 4 is 33.7 Å². The van der Waals surface area contributed by atoms with Crippen molar-refractivity contribution in [3.63, 3.8) is 0 Å². The van der Waals surface area contributed by atoms with Crippen LogP contribution in [0.4, 0.5) is 0 Å². The molecule has 2 N–H and O–H groups in total. The number of rotatable bonds is 6. The van der Waals surface area contributed by atoms with Gasteiger partial charge in [-0.1, -0.05) is 36.4 Å². The van der Waals surface area contributed by atoms with E-state index in [4.69, 9.17) is 10.5 Å². The van der Waals surface area contributed by atoms with Crippen molar-refractivity contribution < 1.29 is 49.0 Å². The van der Waals surface area contributed by atoms with E-state index in [0.717, 1.165) is 53.2 Å². The molecule has 4 aromatic rings. The van der Waals surface area contributed by atoms with Crippen LogP contribution in [0.1, 0.15) is 39.9 Å². The first-order chi connectivity index (χ1) is 15.5. The fourth-order valence-corrected chi connectivity index (χ4v) is 4.93. The number of nitrogens with zero attached hydrogens (tertiary/aromatic N) is 1. The molecule has 33 heavy (non-hydrogen) atoms. The number of primary amides is 1. The second kappa shape index (κ2) is 9.59. The van der Waals surface area contributed by atoms with E-state index in [9.17, 15) is 14.7 Å². The normalized spacial score (nSPS) is 12.8. The second-order valence-corrected chi connectivity index (χ2v) is 8.24.